The third-order valence-electron chi connectivity index (χ3n) is 2.31. The number of Topliss-reactive ketones (excluding diaryl/α,β-unsaturated/α-hetero) is 1. The second-order valence-electron chi connectivity index (χ2n) is 3.59. The van der Waals surface area contributed by atoms with Crippen molar-refractivity contribution < 1.29 is 14.7 Å². The number of hydrogen-bond acceptors (Lipinski definition) is 3. The number of carbonyl (C=O) groups is 2. The van der Waals surface area contributed by atoms with E-state index in [1.165, 1.54) is 19.1 Å². The van der Waals surface area contributed by atoms with Crippen molar-refractivity contribution in [2.24, 2.45) is 5.73 Å². The van der Waals surface area contributed by atoms with Crippen LogP contribution in [-0.2, 0) is 15.1 Å². The maximum atomic E-state index is 11.8. The zero-order chi connectivity index (χ0) is 12.3. The Labute approximate surface area is 93.4 Å². The third kappa shape index (κ3) is 1.87. The summed E-state index contributed by atoms with van der Waals surface area (Å²) in [4.78, 5) is 23.0. The van der Waals surface area contributed by atoms with E-state index in [9.17, 15) is 9.59 Å². The van der Waals surface area contributed by atoms with Crippen molar-refractivity contribution >= 4 is 11.8 Å². The van der Waals surface area contributed by atoms with Gasteiger partial charge in [-0.25, -0.2) is 4.79 Å². The van der Waals surface area contributed by atoms with Crippen LogP contribution >= 0.6 is 0 Å². The number of aliphatic carboxylic acids is 1. The van der Waals surface area contributed by atoms with E-state index in [1.807, 2.05) is 0 Å². The fourth-order valence-corrected chi connectivity index (χ4v) is 1.39. The number of carbonyl (C=O) groups excluding carboxylic acids is 1. The SMILES string of the molecule is C=C(C)C(=O)C(N)(C(=O)O)c1ccccc1. The minimum atomic E-state index is -2.05. The molecule has 16 heavy (non-hydrogen) atoms. The normalized spacial score (nSPS) is 13.9. The molecule has 0 saturated carbocycles. The van der Waals surface area contributed by atoms with E-state index in [2.05, 4.69) is 6.58 Å². The standard InChI is InChI=1S/C12H13NO3/c1-8(2)10(14)12(13,11(15)16)9-6-4-3-5-7-9/h3-7H,1,13H2,2H3,(H,15,16). The van der Waals surface area contributed by atoms with Crippen LogP contribution in [-0.4, -0.2) is 16.9 Å². The lowest BCUT2D eigenvalue weighted by molar-refractivity contribution is -0.147. The van der Waals surface area contributed by atoms with Crippen molar-refractivity contribution in [1.29, 1.82) is 0 Å². The largest absolute Gasteiger partial charge is 0.479 e. The molecule has 0 fully saturated rings. The fourth-order valence-electron chi connectivity index (χ4n) is 1.39. The molecular weight excluding hydrogens is 206 g/mol. The molecule has 0 saturated heterocycles. The second kappa shape index (κ2) is 4.28. The smallest absolute Gasteiger partial charge is 0.336 e. The minimum Gasteiger partial charge on any atom is -0.479 e. The Morgan fingerprint density at radius 3 is 2.19 bits per heavy atom. The molecule has 0 bridgehead atoms. The van der Waals surface area contributed by atoms with Gasteiger partial charge >= 0.3 is 5.97 Å². The summed E-state index contributed by atoms with van der Waals surface area (Å²) in [5.74, 6) is -2.07. The van der Waals surface area contributed by atoms with Crippen molar-refractivity contribution in [1.82, 2.24) is 0 Å². The molecule has 1 aromatic rings. The van der Waals surface area contributed by atoms with E-state index in [1.54, 1.807) is 18.2 Å². The number of benzene rings is 1. The third-order valence-corrected chi connectivity index (χ3v) is 2.31. The summed E-state index contributed by atoms with van der Waals surface area (Å²) in [5.41, 5.74) is 4.01. The monoisotopic (exact) mass is 219 g/mol. The van der Waals surface area contributed by atoms with Gasteiger partial charge in [-0.3, -0.25) is 4.79 Å². The van der Waals surface area contributed by atoms with Crippen LogP contribution < -0.4 is 5.73 Å². The highest BCUT2D eigenvalue weighted by Gasteiger charge is 2.43. The van der Waals surface area contributed by atoms with Crippen molar-refractivity contribution in [3.63, 3.8) is 0 Å². The summed E-state index contributed by atoms with van der Waals surface area (Å²) in [6, 6.07) is 8.00. The second-order valence-corrected chi connectivity index (χ2v) is 3.59. The summed E-state index contributed by atoms with van der Waals surface area (Å²) in [6.45, 7) is 4.88. The van der Waals surface area contributed by atoms with Gasteiger partial charge in [0.05, 0.1) is 0 Å². The molecule has 0 amide bonds. The van der Waals surface area contributed by atoms with E-state index in [4.69, 9.17) is 10.8 Å². The van der Waals surface area contributed by atoms with Gasteiger partial charge in [-0.2, -0.15) is 0 Å². The Bertz CT molecular complexity index is 439. The minimum absolute atomic E-state index is 0.119. The molecule has 0 aromatic heterocycles. The van der Waals surface area contributed by atoms with Crippen LogP contribution in [0.2, 0.25) is 0 Å². The Morgan fingerprint density at radius 1 is 1.31 bits per heavy atom. The van der Waals surface area contributed by atoms with Crippen LogP contribution in [0.5, 0.6) is 0 Å². The fraction of sp³-hybridized carbons (Fsp3) is 0.167. The molecule has 4 heteroatoms. The highest BCUT2D eigenvalue weighted by atomic mass is 16.4. The van der Waals surface area contributed by atoms with Crippen LogP contribution in [0.4, 0.5) is 0 Å². The van der Waals surface area contributed by atoms with Gasteiger partial charge in [0, 0.05) is 0 Å². The average molecular weight is 219 g/mol. The lowest BCUT2D eigenvalue weighted by Crippen LogP contribution is -2.52. The van der Waals surface area contributed by atoms with Crippen LogP contribution in [0, 0.1) is 0 Å². The maximum Gasteiger partial charge on any atom is 0.336 e. The average Bonchev–Trinajstić information content (AvgIpc) is 2.27. The number of ketones is 1. The Kier molecular flexibility index (Phi) is 3.25. The summed E-state index contributed by atoms with van der Waals surface area (Å²) in [7, 11) is 0. The van der Waals surface area contributed by atoms with Gasteiger partial charge in [-0.15, -0.1) is 0 Å². The molecule has 1 unspecified atom stereocenters. The first-order valence-corrected chi connectivity index (χ1v) is 4.68. The van der Waals surface area contributed by atoms with E-state index >= 15 is 0 Å². The number of carboxylic acids is 1. The van der Waals surface area contributed by atoms with Gasteiger partial charge in [0.2, 0.25) is 5.54 Å². The van der Waals surface area contributed by atoms with Gasteiger partial charge < -0.3 is 10.8 Å². The molecule has 0 spiro atoms. The zero-order valence-electron chi connectivity index (χ0n) is 8.93. The molecule has 1 rings (SSSR count). The highest BCUT2D eigenvalue weighted by Crippen LogP contribution is 2.22. The highest BCUT2D eigenvalue weighted by molar-refractivity contribution is 6.15. The summed E-state index contributed by atoms with van der Waals surface area (Å²) in [6.07, 6.45) is 0. The van der Waals surface area contributed by atoms with Crippen molar-refractivity contribution in [3.8, 4) is 0 Å². The molecule has 0 radical (unpaired) electrons. The van der Waals surface area contributed by atoms with Crippen LogP contribution in [0.25, 0.3) is 0 Å². The number of nitrogens with two attached hydrogens (primary N) is 1. The number of hydrogen-bond donors (Lipinski definition) is 2. The van der Waals surface area contributed by atoms with Gasteiger partial charge in [-0.1, -0.05) is 36.9 Å². The molecule has 1 aromatic carbocycles. The molecule has 4 nitrogen and oxygen atoms in total. The number of carboxylic acid groups (broad SMARTS) is 1. The van der Waals surface area contributed by atoms with Gasteiger partial charge in [0.25, 0.3) is 0 Å². The maximum absolute atomic E-state index is 11.8. The predicted molar refractivity (Wildman–Crippen MR) is 59.8 cm³/mol. The summed E-state index contributed by atoms with van der Waals surface area (Å²) < 4.78 is 0. The lowest BCUT2D eigenvalue weighted by atomic mass is 9.84. The molecule has 0 heterocycles. The van der Waals surface area contributed by atoms with Crippen molar-refractivity contribution in [2.75, 3.05) is 0 Å². The van der Waals surface area contributed by atoms with Gasteiger partial charge in [-0.05, 0) is 18.1 Å². The quantitative estimate of drug-likeness (QED) is 0.586. The van der Waals surface area contributed by atoms with Crippen molar-refractivity contribution in [3.05, 3.63) is 48.0 Å². The first kappa shape index (κ1) is 12.1. The van der Waals surface area contributed by atoms with E-state index in [0.29, 0.717) is 0 Å². The zero-order valence-corrected chi connectivity index (χ0v) is 8.93. The molecule has 84 valence electrons. The molecule has 1 atom stereocenters. The van der Waals surface area contributed by atoms with Crippen molar-refractivity contribution in [2.45, 2.75) is 12.5 Å². The van der Waals surface area contributed by atoms with Crippen LogP contribution in [0.15, 0.2) is 42.5 Å². The molecule has 0 aliphatic rings. The topological polar surface area (TPSA) is 80.4 Å². The Morgan fingerprint density at radius 2 is 1.81 bits per heavy atom. The van der Waals surface area contributed by atoms with E-state index < -0.39 is 17.3 Å². The molecular formula is C12H13NO3. The van der Waals surface area contributed by atoms with Crippen LogP contribution in [0.3, 0.4) is 0 Å². The van der Waals surface area contributed by atoms with Crippen LogP contribution in [0.1, 0.15) is 12.5 Å². The first-order valence-electron chi connectivity index (χ1n) is 4.68. The Hall–Kier alpha value is -1.94. The van der Waals surface area contributed by atoms with Gasteiger partial charge in [0.15, 0.2) is 5.78 Å². The van der Waals surface area contributed by atoms with E-state index in [-0.39, 0.29) is 11.1 Å². The van der Waals surface area contributed by atoms with Gasteiger partial charge in [0.1, 0.15) is 0 Å². The lowest BCUT2D eigenvalue weighted by Gasteiger charge is -2.23. The molecule has 0 aliphatic heterocycles. The molecule has 3 N–H and O–H groups in total. The Balaban J connectivity index is 3.34. The predicted octanol–water partition coefficient (Wildman–Crippen LogP) is 1.07. The first-order chi connectivity index (χ1) is 7.40. The number of rotatable bonds is 4. The molecule has 0 aliphatic carbocycles. The summed E-state index contributed by atoms with van der Waals surface area (Å²) >= 11 is 0. The summed E-state index contributed by atoms with van der Waals surface area (Å²) in [5, 5.41) is 9.12. The van der Waals surface area contributed by atoms with E-state index in [0.717, 1.165) is 0 Å².